The molecular formula is C34H42N2O8. The molecule has 236 valence electrons. The van der Waals surface area contributed by atoms with Gasteiger partial charge in [0, 0.05) is 0 Å². The Hall–Kier alpha value is -4.08. The van der Waals surface area contributed by atoms with E-state index in [-0.39, 0.29) is 12.5 Å². The van der Waals surface area contributed by atoms with E-state index in [1.54, 1.807) is 0 Å². The highest BCUT2D eigenvalue weighted by Crippen LogP contribution is 2.39. The number of nitrogens with one attached hydrogen (secondary N) is 2. The van der Waals surface area contributed by atoms with E-state index >= 15 is 0 Å². The Labute approximate surface area is 257 Å². The third-order valence-corrected chi connectivity index (χ3v) is 8.63. The van der Waals surface area contributed by atoms with Crippen molar-refractivity contribution in [1.29, 1.82) is 0 Å². The maximum atomic E-state index is 12.1. The van der Waals surface area contributed by atoms with Crippen molar-refractivity contribution in [3.63, 3.8) is 0 Å². The highest BCUT2D eigenvalue weighted by molar-refractivity contribution is 5.90. The first-order valence-electron chi connectivity index (χ1n) is 15.8. The quantitative estimate of drug-likeness (QED) is 0.257. The van der Waals surface area contributed by atoms with Gasteiger partial charge in [-0.25, -0.2) is 19.2 Å². The van der Waals surface area contributed by atoms with Crippen LogP contribution in [0.3, 0.4) is 0 Å². The number of carboxylic acid groups (broad SMARTS) is 1. The lowest BCUT2D eigenvalue weighted by Crippen LogP contribution is -2.22. The predicted octanol–water partition coefficient (Wildman–Crippen LogP) is 5.71. The summed E-state index contributed by atoms with van der Waals surface area (Å²) in [6.45, 7) is 3.29. The summed E-state index contributed by atoms with van der Waals surface area (Å²) in [5.74, 6) is -1.40. The topological polar surface area (TPSA) is 140 Å². The molecule has 3 N–H and O–H groups in total. The predicted molar refractivity (Wildman–Crippen MR) is 164 cm³/mol. The molecule has 0 aliphatic heterocycles. The maximum absolute atomic E-state index is 12.1. The van der Waals surface area contributed by atoms with Gasteiger partial charge >= 0.3 is 24.1 Å². The van der Waals surface area contributed by atoms with Crippen LogP contribution in [0.15, 0.2) is 12.1 Å². The van der Waals surface area contributed by atoms with Gasteiger partial charge in [-0.2, -0.15) is 0 Å². The van der Waals surface area contributed by atoms with Gasteiger partial charge in [0.2, 0.25) is 0 Å². The molecule has 2 aromatic rings. The Bertz CT molecular complexity index is 1380. The number of esters is 1. The summed E-state index contributed by atoms with van der Waals surface area (Å²) >= 11 is 0. The van der Waals surface area contributed by atoms with Crippen molar-refractivity contribution in [2.75, 3.05) is 30.5 Å². The monoisotopic (exact) mass is 606 g/mol. The molecule has 0 unspecified atom stereocenters. The molecule has 4 aliphatic rings. The minimum atomic E-state index is -1.15. The number of rotatable bonds is 8. The van der Waals surface area contributed by atoms with Crippen LogP contribution in [-0.2, 0) is 75.2 Å². The van der Waals surface area contributed by atoms with Gasteiger partial charge in [-0.05, 0) is 127 Å². The highest BCUT2D eigenvalue weighted by Gasteiger charge is 2.27. The van der Waals surface area contributed by atoms with Crippen molar-refractivity contribution >= 4 is 35.5 Å². The summed E-state index contributed by atoms with van der Waals surface area (Å²) in [7, 11) is 0. The van der Waals surface area contributed by atoms with Crippen LogP contribution < -0.4 is 10.6 Å². The number of amides is 2. The Morgan fingerprint density at radius 2 is 1.02 bits per heavy atom. The largest absolute Gasteiger partial charge is 0.479 e. The number of ether oxygens (including phenoxy) is 3. The number of carbonyl (C=O) groups excluding carboxylic acids is 3. The number of fused-ring (bicyclic) bond motifs is 4. The molecule has 44 heavy (non-hydrogen) atoms. The smallest absolute Gasteiger partial charge is 0.412 e. The highest BCUT2D eigenvalue weighted by atomic mass is 16.6. The van der Waals surface area contributed by atoms with Crippen molar-refractivity contribution in [3.05, 3.63) is 56.6 Å². The third kappa shape index (κ3) is 7.52. The molecule has 0 fully saturated rings. The first kappa shape index (κ1) is 31.3. The van der Waals surface area contributed by atoms with Crippen LogP contribution in [0.1, 0.15) is 84.0 Å². The zero-order valence-electron chi connectivity index (χ0n) is 25.6. The van der Waals surface area contributed by atoms with Crippen LogP contribution in [0.2, 0.25) is 0 Å². The van der Waals surface area contributed by atoms with Crippen LogP contribution in [0, 0.1) is 5.92 Å². The van der Waals surface area contributed by atoms with Crippen molar-refractivity contribution in [1.82, 2.24) is 0 Å². The van der Waals surface area contributed by atoms with Gasteiger partial charge in [0.05, 0.1) is 18.0 Å². The fourth-order valence-electron chi connectivity index (χ4n) is 6.76. The Balaban J connectivity index is 0.000000177. The average molecular weight is 607 g/mol. The molecule has 10 nitrogen and oxygen atoms in total. The van der Waals surface area contributed by atoms with Gasteiger partial charge in [0.15, 0.2) is 13.2 Å². The van der Waals surface area contributed by atoms with Gasteiger partial charge in [-0.15, -0.1) is 0 Å². The molecular weight excluding hydrogens is 564 g/mol. The molecule has 0 bridgehead atoms. The van der Waals surface area contributed by atoms with E-state index in [1.165, 1.54) is 44.5 Å². The summed E-state index contributed by atoms with van der Waals surface area (Å²) in [5, 5.41) is 14.2. The second kappa shape index (κ2) is 14.1. The van der Waals surface area contributed by atoms with E-state index in [0.29, 0.717) is 6.61 Å². The Morgan fingerprint density at radius 3 is 1.39 bits per heavy atom. The van der Waals surface area contributed by atoms with Crippen LogP contribution >= 0.6 is 0 Å². The van der Waals surface area contributed by atoms with Crippen LogP contribution in [0.25, 0.3) is 0 Å². The van der Waals surface area contributed by atoms with E-state index in [0.717, 1.165) is 88.4 Å². The number of carbonyl (C=O) groups is 4. The molecule has 6 rings (SSSR count). The van der Waals surface area contributed by atoms with E-state index in [9.17, 15) is 19.2 Å². The summed E-state index contributed by atoms with van der Waals surface area (Å²) in [5.41, 5.74) is 12.0. The first-order chi connectivity index (χ1) is 21.2. The summed E-state index contributed by atoms with van der Waals surface area (Å²) in [6, 6.07) is 4.59. The fraction of sp³-hybridized carbons (Fsp3) is 0.529. The van der Waals surface area contributed by atoms with Crippen LogP contribution in [-0.4, -0.2) is 49.1 Å². The number of hydrogen-bond donors (Lipinski definition) is 3. The summed E-state index contributed by atoms with van der Waals surface area (Å²) < 4.78 is 14.7. The molecule has 0 spiro atoms. The number of aliphatic carboxylic acids is 1. The van der Waals surface area contributed by atoms with Crippen LogP contribution in [0.4, 0.5) is 21.0 Å². The maximum Gasteiger partial charge on any atom is 0.412 e. The minimum absolute atomic E-state index is 0.261. The lowest BCUT2D eigenvalue weighted by molar-refractivity contribution is -0.148. The first-order valence-corrected chi connectivity index (χ1v) is 15.8. The second-order valence-corrected chi connectivity index (χ2v) is 12.3. The molecule has 0 saturated carbocycles. The Kier molecular flexibility index (Phi) is 10.1. The molecule has 4 aliphatic carbocycles. The van der Waals surface area contributed by atoms with Crippen molar-refractivity contribution in [2.24, 2.45) is 5.92 Å². The van der Waals surface area contributed by atoms with E-state index < -0.39 is 30.7 Å². The number of benzene rings is 2. The minimum Gasteiger partial charge on any atom is -0.479 e. The van der Waals surface area contributed by atoms with Crippen LogP contribution in [0.5, 0.6) is 0 Å². The van der Waals surface area contributed by atoms with Gasteiger partial charge < -0.3 is 19.3 Å². The van der Waals surface area contributed by atoms with E-state index in [1.807, 2.05) is 13.8 Å². The molecule has 0 heterocycles. The lowest BCUT2D eigenvalue weighted by Gasteiger charge is -2.16. The standard InChI is InChI=1S/C19H25NO4.C15H17NO4/c1-12(2)10-23-17(21)11-24-19(22)20-18-15-7-3-5-13(15)9-14-6-4-8-16(14)18;17-13(18)8-20-15(19)16-14-11-5-1-3-9(11)7-10-4-2-6-12(10)14/h9,12H,3-8,10-11H2,1-2H3,(H,20,22);7H,1-6,8H2,(H,16,19)(H,17,18). The van der Waals surface area contributed by atoms with Crippen molar-refractivity contribution < 1.29 is 38.5 Å². The van der Waals surface area contributed by atoms with E-state index in [4.69, 9.17) is 14.6 Å². The molecule has 0 saturated heterocycles. The molecule has 2 aromatic carbocycles. The molecule has 10 heteroatoms. The molecule has 0 aromatic heterocycles. The average Bonchev–Trinajstić information content (AvgIpc) is 3.80. The fourth-order valence-corrected chi connectivity index (χ4v) is 6.76. The van der Waals surface area contributed by atoms with Crippen molar-refractivity contribution in [2.45, 2.75) is 90.9 Å². The zero-order valence-corrected chi connectivity index (χ0v) is 25.6. The normalized spacial score (nSPS) is 15.3. The number of carboxylic acids is 1. The third-order valence-electron chi connectivity index (χ3n) is 8.63. The zero-order chi connectivity index (χ0) is 31.2. The molecule has 0 atom stereocenters. The summed E-state index contributed by atoms with van der Waals surface area (Å²) in [4.78, 5) is 45.8. The van der Waals surface area contributed by atoms with E-state index in [2.05, 4.69) is 27.5 Å². The number of aryl methyl sites for hydroxylation is 4. The van der Waals surface area contributed by atoms with Gasteiger partial charge in [-0.1, -0.05) is 26.0 Å². The SMILES string of the molecule is CC(C)COC(=O)COC(=O)Nc1c2c(cc3c1CCC3)CCC2.O=C(O)COC(=O)Nc1c2c(cc3c1CCC3)CCC2. The van der Waals surface area contributed by atoms with Gasteiger partial charge in [-0.3, -0.25) is 10.6 Å². The number of anilines is 2. The Morgan fingerprint density at radius 1 is 0.636 bits per heavy atom. The summed E-state index contributed by atoms with van der Waals surface area (Å²) in [6.07, 6.45) is 11.4. The van der Waals surface area contributed by atoms with Gasteiger partial charge in [0.25, 0.3) is 0 Å². The molecule has 0 radical (unpaired) electrons. The number of hydrogen-bond acceptors (Lipinski definition) is 7. The lowest BCUT2D eigenvalue weighted by atomic mass is 9.99. The van der Waals surface area contributed by atoms with Gasteiger partial charge in [0.1, 0.15) is 0 Å². The van der Waals surface area contributed by atoms with Crippen molar-refractivity contribution in [3.8, 4) is 0 Å². The second-order valence-electron chi connectivity index (χ2n) is 12.3. The molecule has 2 amide bonds.